The van der Waals surface area contributed by atoms with Crippen LogP contribution < -0.4 is 15.8 Å². The summed E-state index contributed by atoms with van der Waals surface area (Å²) in [7, 11) is 0. The number of aliphatic hydroxyl groups is 1. The van der Waals surface area contributed by atoms with Gasteiger partial charge in [0, 0.05) is 43.0 Å². The van der Waals surface area contributed by atoms with Crippen LogP contribution in [0.1, 0.15) is 55.8 Å². The van der Waals surface area contributed by atoms with E-state index in [0.717, 1.165) is 63.3 Å². The molecule has 2 aromatic rings. The number of anilines is 1. The number of nitrogens with zero attached hydrogens (tertiary/aromatic N) is 4. The molecule has 8 nitrogen and oxygen atoms in total. The molecule has 2 aliphatic rings. The molecular weight excluding hydrogens is 356 g/mol. The molecule has 8 heteroatoms. The average molecular weight is 387 g/mol. The second-order valence-electron chi connectivity index (χ2n) is 8.03. The number of piperidine rings is 1. The minimum Gasteiger partial charge on any atom is -0.391 e. The minimum absolute atomic E-state index is 0.128. The molecule has 0 radical (unpaired) electrons. The molecule has 2 fully saturated rings. The van der Waals surface area contributed by atoms with Crippen LogP contribution in [0.5, 0.6) is 0 Å². The second-order valence-corrected chi connectivity index (χ2v) is 8.03. The van der Waals surface area contributed by atoms with E-state index in [-0.39, 0.29) is 11.6 Å². The Morgan fingerprint density at radius 1 is 1.25 bits per heavy atom. The number of nitrogens with one attached hydrogen (secondary N) is 2. The Kier molecular flexibility index (Phi) is 5.77. The molecule has 3 unspecified atom stereocenters. The highest BCUT2D eigenvalue weighted by molar-refractivity contribution is 5.39. The summed E-state index contributed by atoms with van der Waals surface area (Å²) < 4.78 is 1.51. The first kappa shape index (κ1) is 19.1. The molecule has 0 aromatic carbocycles. The van der Waals surface area contributed by atoms with Gasteiger partial charge in [-0.2, -0.15) is 10.2 Å². The number of aliphatic hydroxyl groups excluding tert-OH is 1. The van der Waals surface area contributed by atoms with Gasteiger partial charge in [0.15, 0.2) is 0 Å². The van der Waals surface area contributed by atoms with E-state index in [0.29, 0.717) is 6.04 Å². The molecule has 3 atom stereocenters. The Balaban J connectivity index is 1.48. The molecule has 1 saturated heterocycles. The van der Waals surface area contributed by atoms with Gasteiger partial charge in [0.25, 0.3) is 5.56 Å². The van der Waals surface area contributed by atoms with Gasteiger partial charge < -0.3 is 15.3 Å². The lowest BCUT2D eigenvalue weighted by Crippen LogP contribution is -2.46. The molecule has 0 amide bonds. The number of hydrogen-bond donors (Lipinski definition) is 3. The summed E-state index contributed by atoms with van der Waals surface area (Å²) in [5.41, 5.74) is 2.15. The molecule has 0 spiro atoms. The van der Waals surface area contributed by atoms with Crippen molar-refractivity contribution in [2.75, 3.05) is 18.0 Å². The number of rotatable bonds is 6. The zero-order valence-electron chi connectivity index (χ0n) is 16.5. The highest BCUT2D eigenvalue weighted by atomic mass is 16.3. The van der Waals surface area contributed by atoms with Gasteiger partial charge in [0.2, 0.25) is 0 Å². The van der Waals surface area contributed by atoms with Crippen molar-refractivity contribution in [2.45, 2.75) is 70.2 Å². The normalized spacial score (nSPS) is 25.4. The predicted molar refractivity (Wildman–Crippen MR) is 107 cm³/mol. The summed E-state index contributed by atoms with van der Waals surface area (Å²) >= 11 is 0. The predicted octanol–water partition coefficient (Wildman–Crippen LogP) is 1.51. The van der Waals surface area contributed by atoms with E-state index in [1.54, 1.807) is 6.07 Å². The SMILES string of the molecule is Cc1[nH]ncc1CNCC1CCCCN1c1ccc(=O)n(C2CCCC2O)n1. The van der Waals surface area contributed by atoms with E-state index in [9.17, 15) is 9.90 Å². The molecule has 1 aliphatic heterocycles. The summed E-state index contributed by atoms with van der Waals surface area (Å²) in [5, 5.41) is 25.5. The first-order chi connectivity index (χ1) is 13.6. The topological polar surface area (TPSA) is 99.1 Å². The fourth-order valence-electron chi connectivity index (χ4n) is 4.45. The molecule has 1 aliphatic carbocycles. The minimum atomic E-state index is -0.475. The molecule has 4 rings (SSSR count). The Morgan fingerprint density at radius 3 is 2.89 bits per heavy atom. The molecule has 3 N–H and O–H groups in total. The number of aromatic amines is 1. The summed E-state index contributed by atoms with van der Waals surface area (Å²) in [6.07, 6.45) is 7.32. The summed E-state index contributed by atoms with van der Waals surface area (Å²) in [5.74, 6) is 0.838. The molecule has 152 valence electrons. The van der Waals surface area contributed by atoms with Gasteiger partial charge in [-0.25, -0.2) is 4.68 Å². The van der Waals surface area contributed by atoms with Gasteiger partial charge in [-0.05, 0) is 51.5 Å². The molecule has 2 aromatic heterocycles. The van der Waals surface area contributed by atoms with E-state index in [1.165, 1.54) is 16.7 Å². The van der Waals surface area contributed by atoms with Gasteiger partial charge in [0.05, 0.1) is 18.3 Å². The van der Waals surface area contributed by atoms with Crippen LogP contribution in [0.3, 0.4) is 0 Å². The molecule has 0 bridgehead atoms. The largest absolute Gasteiger partial charge is 0.391 e. The molecule has 1 saturated carbocycles. The molecule has 3 heterocycles. The smallest absolute Gasteiger partial charge is 0.267 e. The van der Waals surface area contributed by atoms with E-state index < -0.39 is 6.10 Å². The second kappa shape index (κ2) is 8.45. The molecule has 28 heavy (non-hydrogen) atoms. The number of aryl methyl sites for hydroxylation is 1. The van der Waals surface area contributed by atoms with Crippen molar-refractivity contribution in [2.24, 2.45) is 0 Å². The van der Waals surface area contributed by atoms with Crippen LogP contribution in [0.2, 0.25) is 0 Å². The van der Waals surface area contributed by atoms with Crippen molar-refractivity contribution in [3.63, 3.8) is 0 Å². The van der Waals surface area contributed by atoms with Crippen molar-refractivity contribution in [3.05, 3.63) is 39.9 Å². The fourth-order valence-corrected chi connectivity index (χ4v) is 4.45. The van der Waals surface area contributed by atoms with E-state index in [4.69, 9.17) is 0 Å². The fraction of sp³-hybridized carbons (Fsp3) is 0.650. The first-order valence-corrected chi connectivity index (χ1v) is 10.4. The van der Waals surface area contributed by atoms with Gasteiger partial charge in [-0.3, -0.25) is 9.89 Å². The Morgan fingerprint density at radius 2 is 2.14 bits per heavy atom. The third kappa shape index (κ3) is 3.98. The van der Waals surface area contributed by atoms with Gasteiger partial charge in [-0.1, -0.05) is 0 Å². The Bertz CT molecular complexity index is 847. The lowest BCUT2D eigenvalue weighted by Gasteiger charge is -2.37. The maximum absolute atomic E-state index is 12.4. The maximum Gasteiger partial charge on any atom is 0.267 e. The van der Waals surface area contributed by atoms with Crippen LogP contribution in [-0.2, 0) is 6.54 Å². The van der Waals surface area contributed by atoms with Crippen molar-refractivity contribution in [1.29, 1.82) is 0 Å². The van der Waals surface area contributed by atoms with Crippen LogP contribution in [0.25, 0.3) is 0 Å². The third-order valence-corrected chi connectivity index (χ3v) is 6.12. The van der Waals surface area contributed by atoms with Crippen LogP contribution in [0.15, 0.2) is 23.1 Å². The van der Waals surface area contributed by atoms with E-state index in [1.807, 2.05) is 19.2 Å². The average Bonchev–Trinajstić information content (AvgIpc) is 3.31. The maximum atomic E-state index is 12.4. The van der Waals surface area contributed by atoms with Crippen molar-refractivity contribution in [3.8, 4) is 0 Å². The summed E-state index contributed by atoms with van der Waals surface area (Å²) in [4.78, 5) is 14.7. The Hall–Kier alpha value is -2.19. The molecular formula is C20H30N6O2. The highest BCUT2D eigenvalue weighted by Gasteiger charge is 2.30. The lowest BCUT2D eigenvalue weighted by molar-refractivity contribution is 0.127. The Labute approximate surface area is 165 Å². The zero-order valence-corrected chi connectivity index (χ0v) is 16.5. The van der Waals surface area contributed by atoms with E-state index >= 15 is 0 Å². The van der Waals surface area contributed by atoms with Crippen molar-refractivity contribution >= 4 is 5.82 Å². The number of hydrogen-bond acceptors (Lipinski definition) is 6. The summed E-state index contributed by atoms with van der Waals surface area (Å²) in [6.45, 7) is 4.61. The van der Waals surface area contributed by atoms with Crippen LogP contribution in [0.4, 0.5) is 5.82 Å². The number of H-pyrrole nitrogens is 1. The monoisotopic (exact) mass is 386 g/mol. The zero-order chi connectivity index (χ0) is 19.5. The van der Waals surface area contributed by atoms with Gasteiger partial charge in [0.1, 0.15) is 5.82 Å². The van der Waals surface area contributed by atoms with Crippen LogP contribution >= 0.6 is 0 Å². The van der Waals surface area contributed by atoms with Crippen LogP contribution in [0, 0.1) is 6.92 Å². The van der Waals surface area contributed by atoms with Crippen LogP contribution in [-0.4, -0.2) is 50.3 Å². The number of aromatic nitrogens is 4. The first-order valence-electron chi connectivity index (χ1n) is 10.4. The van der Waals surface area contributed by atoms with Gasteiger partial charge in [-0.15, -0.1) is 0 Å². The quantitative estimate of drug-likeness (QED) is 0.696. The third-order valence-electron chi connectivity index (χ3n) is 6.12. The van der Waals surface area contributed by atoms with Crippen molar-refractivity contribution < 1.29 is 5.11 Å². The highest BCUT2D eigenvalue weighted by Crippen LogP contribution is 2.29. The van der Waals surface area contributed by atoms with Gasteiger partial charge >= 0.3 is 0 Å². The lowest BCUT2D eigenvalue weighted by atomic mass is 10.0. The van der Waals surface area contributed by atoms with E-state index in [2.05, 4.69) is 25.5 Å². The summed E-state index contributed by atoms with van der Waals surface area (Å²) in [6, 6.07) is 3.57. The van der Waals surface area contributed by atoms with Crippen molar-refractivity contribution in [1.82, 2.24) is 25.3 Å². The standard InChI is InChI=1S/C20H30N6O2/c1-14-15(12-22-23-14)11-21-13-16-5-2-3-10-25(16)19-8-9-20(28)26(24-19)17-6-4-7-18(17)27/h8-9,12,16-18,21,27H,2-7,10-11,13H2,1H3,(H,22,23).